The first-order chi connectivity index (χ1) is 19.6. The SMILES string of the molecule is Nc1nc2c(ncn2[C@@H]2O[C@H](CCO)[C@@H](F)[C@H]2P(O)(=S)OC[C@H]2O[C@@H](c3cnc4c(N)ncnn34)C[C@@H]2O)c(=O)[nH]1. The number of imidazole rings is 2. The van der Waals surface area contributed by atoms with E-state index in [1.807, 2.05) is 0 Å². The van der Waals surface area contributed by atoms with E-state index in [4.69, 9.17) is 37.3 Å². The van der Waals surface area contributed by atoms with Crippen molar-refractivity contribution in [2.75, 3.05) is 24.7 Å². The molecule has 1 unspecified atom stereocenters. The molecule has 0 saturated carbocycles. The van der Waals surface area contributed by atoms with Crippen LogP contribution in [0.4, 0.5) is 16.2 Å². The number of H-pyrrole nitrogens is 1. The first-order valence-corrected chi connectivity index (χ1v) is 15.2. The fourth-order valence-corrected chi connectivity index (χ4v) is 7.64. The molecule has 0 aromatic carbocycles. The quantitative estimate of drug-likeness (QED) is 0.130. The molecule has 8 atom stereocenters. The van der Waals surface area contributed by atoms with Crippen LogP contribution < -0.4 is 17.0 Å². The van der Waals surface area contributed by atoms with E-state index in [-0.39, 0.29) is 42.4 Å². The standard InChI is InChI=1S/C21H26FN10O7PS/c22-13-10(1-2-33)39-20(31-7-27-14-17(31)29-21(24)30-19(14)35)15(13)40(36,41)37-5-12-9(34)3-11(38-12)8-4-25-18-16(23)26-6-28-32(8)18/h4,6-7,9-13,15,20,33-34H,1-3,5H2,(H,36,41)(H2,23,26,28)(H3,24,29,30,35)/t9-,10+,11+,12+,13+,15+,20+,40?/m0/s1. The highest BCUT2D eigenvalue weighted by Crippen LogP contribution is 2.59. The van der Waals surface area contributed by atoms with E-state index >= 15 is 4.39 Å². The minimum Gasteiger partial charge on any atom is -0.396 e. The number of nitrogens with zero attached hydrogens (tertiary/aromatic N) is 7. The fraction of sp³-hybridized carbons (Fsp3) is 0.524. The average molecular weight is 613 g/mol. The smallest absolute Gasteiger partial charge is 0.280 e. The van der Waals surface area contributed by atoms with Gasteiger partial charge in [-0.25, -0.2) is 23.9 Å². The highest BCUT2D eigenvalue weighted by atomic mass is 32.5. The molecule has 0 aliphatic carbocycles. The number of nitrogens with one attached hydrogen (secondary N) is 1. The Morgan fingerprint density at radius 3 is 2.83 bits per heavy atom. The third kappa shape index (κ3) is 4.87. The molecule has 17 nitrogen and oxygen atoms in total. The van der Waals surface area contributed by atoms with Crippen LogP contribution in [-0.4, -0.2) is 97.6 Å². The van der Waals surface area contributed by atoms with Crippen LogP contribution in [0.3, 0.4) is 0 Å². The van der Waals surface area contributed by atoms with Gasteiger partial charge in [0.05, 0.1) is 37.0 Å². The number of aromatic nitrogens is 8. The molecule has 220 valence electrons. The molecule has 20 heteroatoms. The van der Waals surface area contributed by atoms with E-state index in [2.05, 4.69) is 30.0 Å². The van der Waals surface area contributed by atoms with Crippen LogP contribution in [0.1, 0.15) is 30.9 Å². The maximum atomic E-state index is 15.8. The molecule has 0 bridgehead atoms. The molecule has 0 amide bonds. The number of anilines is 2. The van der Waals surface area contributed by atoms with Crippen molar-refractivity contribution in [1.82, 2.24) is 39.1 Å². The molecule has 0 radical (unpaired) electrons. The first-order valence-electron chi connectivity index (χ1n) is 12.5. The lowest BCUT2D eigenvalue weighted by molar-refractivity contribution is -0.0218. The molecule has 2 fully saturated rings. The Labute approximate surface area is 234 Å². The average Bonchev–Trinajstić information content (AvgIpc) is 3.68. The number of aliphatic hydroxyl groups excluding tert-OH is 2. The molecule has 41 heavy (non-hydrogen) atoms. The molecule has 4 aromatic rings. The van der Waals surface area contributed by atoms with Gasteiger partial charge in [0.1, 0.15) is 30.4 Å². The largest absolute Gasteiger partial charge is 0.396 e. The second kappa shape index (κ2) is 10.6. The number of fused-ring (bicyclic) bond motifs is 2. The van der Waals surface area contributed by atoms with Crippen molar-refractivity contribution < 1.29 is 33.5 Å². The molecular weight excluding hydrogens is 586 g/mol. The van der Waals surface area contributed by atoms with Crippen LogP contribution in [-0.2, 0) is 25.8 Å². The summed E-state index contributed by atoms with van der Waals surface area (Å²) in [5, 5.41) is 24.3. The predicted molar refractivity (Wildman–Crippen MR) is 143 cm³/mol. The summed E-state index contributed by atoms with van der Waals surface area (Å²) in [4.78, 5) is 42.2. The molecular formula is C21H26FN10O7PS. The van der Waals surface area contributed by atoms with E-state index in [0.717, 1.165) is 0 Å². The van der Waals surface area contributed by atoms with E-state index in [1.54, 1.807) is 0 Å². The Morgan fingerprint density at radius 1 is 1.24 bits per heavy atom. The summed E-state index contributed by atoms with van der Waals surface area (Å²) in [7, 11) is 0. The molecule has 8 N–H and O–H groups in total. The van der Waals surface area contributed by atoms with E-state index < -0.39 is 61.1 Å². The Kier molecular flexibility index (Phi) is 7.23. The highest BCUT2D eigenvalue weighted by Gasteiger charge is 2.54. The summed E-state index contributed by atoms with van der Waals surface area (Å²) >= 11 is 5.44. The van der Waals surface area contributed by atoms with E-state index in [1.165, 1.54) is 27.9 Å². The van der Waals surface area contributed by atoms with Gasteiger partial charge in [0.15, 0.2) is 35.3 Å². The van der Waals surface area contributed by atoms with Gasteiger partial charge in [0.25, 0.3) is 5.56 Å². The molecule has 2 aliphatic heterocycles. The van der Waals surface area contributed by atoms with Gasteiger partial charge in [-0.3, -0.25) is 14.3 Å². The van der Waals surface area contributed by atoms with Crippen LogP contribution in [0, 0.1) is 0 Å². The summed E-state index contributed by atoms with van der Waals surface area (Å²) < 4.78 is 36.0. The number of nitrogens with two attached hydrogens (primary N) is 2. The topological polar surface area (TPSA) is 247 Å². The van der Waals surface area contributed by atoms with Crippen LogP contribution in [0.2, 0.25) is 0 Å². The van der Waals surface area contributed by atoms with Gasteiger partial charge in [-0.1, -0.05) is 0 Å². The molecule has 0 spiro atoms. The maximum absolute atomic E-state index is 15.8. The number of nitrogen functional groups attached to an aromatic ring is 2. The third-order valence-electron chi connectivity index (χ3n) is 7.14. The number of alkyl halides is 1. The van der Waals surface area contributed by atoms with Gasteiger partial charge in [-0.05, 0) is 18.2 Å². The predicted octanol–water partition coefficient (Wildman–Crippen LogP) is -1.08. The molecule has 2 aliphatic rings. The number of ether oxygens (including phenoxy) is 2. The van der Waals surface area contributed by atoms with E-state index in [9.17, 15) is 19.9 Å². The third-order valence-corrected chi connectivity index (χ3v) is 10.00. The minimum atomic E-state index is -4.05. The molecule has 6 heterocycles. The fourth-order valence-electron chi connectivity index (χ4n) is 5.17. The summed E-state index contributed by atoms with van der Waals surface area (Å²) in [5.74, 6) is -0.0309. The van der Waals surface area contributed by atoms with Gasteiger partial charge >= 0.3 is 0 Å². The molecule has 2 saturated heterocycles. The lowest BCUT2D eigenvalue weighted by Crippen LogP contribution is -2.32. The number of rotatable bonds is 8. The van der Waals surface area contributed by atoms with Crippen LogP contribution in [0.25, 0.3) is 16.8 Å². The first kappa shape index (κ1) is 28.0. The zero-order chi connectivity index (χ0) is 29.1. The van der Waals surface area contributed by atoms with E-state index in [0.29, 0.717) is 11.3 Å². The van der Waals surface area contributed by atoms with Crippen molar-refractivity contribution in [3.63, 3.8) is 0 Å². The Balaban J connectivity index is 1.24. The molecule has 4 aromatic heterocycles. The van der Waals surface area contributed by atoms with Crippen molar-refractivity contribution in [2.24, 2.45) is 0 Å². The second-order valence-corrected chi connectivity index (χ2v) is 13.2. The lowest BCUT2D eigenvalue weighted by atomic mass is 10.1. The summed E-state index contributed by atoms with van der Waals surface area (Å²) in [6.45, 7) is -4.80. The normalized spacial score (nSPS) is 29.9. The minimum absolute atomic E-state index is 0.0111. The monoisotopic (exact) mass is 612 g/mol. The summed E-state index contributed by atoms with van der Waals surface area (Å²) in [6.07, 6.45) is -2.84. The van der Waals surface area contributed by atoms with Gasteiger partial charge in [0, 0.05) is 13.0 Å². The molecule has 6 rings (SSSR count). The number of aliphatic hydroxyl groups is 2. The van der Waals surface area contributed by atoms with Crippen molar-refractivity contribution in [2.45, 2.75) is 55.3 Å². The van der Waals surface area contributed by atoms with Gasteiger partial charge in [-0.2, -0.15) is 10.1 Å². The van der Waals surface area contributed by atoms with Crippen molar-refractivity contribution in [1.29, 1.82) is 0 Å². The lowest BCUT2D eigenvalue weighted by Gasteiger charge is -2.29. The Bertz CT molecular complexity index is 1700. The Hall–Kier alpha value is -3.16. The van der Waals surface area contributed by atoms with Crippen molar-refractivity contribution in [3.05, 3.63) is 34.9 Å². The number of hydrogen-bond donors (Lipinski definition) is 6. The summed E-state index contributed by atoms with van der Waals surface area (Å²) in [6, 6.07) is 0. The van der Waals surface area contributed by atoms with Gasteiger partial charge in [-0.15, -0.1) is 0 Å². The Morgan fingerprint density at radius 2 is 2.05 bits per heavy atom. The zero-order valence-electron chi connectivity index (χ0n) is 21.1. The second-order valence-electron chi connectivity index (χ2n) is 9.68. The van der Waals surface area contributed by atoms with Crippen molar-refractivity contribution in [3.8, 4) is 0 Å². The van der Waals surface area contributed by atoms with Gasteiger partial charge in [0.2, 0.25) is 5.95 Å². The number of hydrogen-bond acceptors (Lipinski definition) is 14. The number of aromatic amines is 1. The highest BCUT2D eigenvalue weighted by molar-refractivity contribution is 8.09. The van der Waals surface area contributed by atoms with Gasteiger partial charge < -0.3 is 40.6 Å². The maximum Gasteiger partial charge on any atom is 0.280 e. The van der Waals surface area contributed by atoms with Crippen molar-refractivity contribution >= 4 is 46.9 Å². The van der Waals surface area contributed by atoms with Crippen LogP contribution in [0.5, 0.6) is 0 Å². The summed E-state index contributed by atoms with van der Waals surface area (Å²) in [5.41, 5.74) is 10.2. The number of halogens is 1. The van der Waals surface area contributed by atoms with Crippen LogP contribution >= 0.6 is 6.49 Å². The zero-order valence-corrected chi connectivity index (χ0v) is 22.8. The van der Waals surface area contributed by atoms with Crippen LogP contribution in [0.15, 0.2) is 23.6 Å².